The van der Waals surface area contributed by atoms with Gasteiger partial charge in [-0.25, -0.2) is 4.39 Å². The number of halogens is 2. The molecule has 0 amide bonds. The average molecular weight is 427 g/mol. The van der Waals surface area contributed by atoms with Crippen molar-refractivity contribution in [2.24, 2.45) is 0 Å². The van der Waals surface area contributed by atoms with Crippen LogP contribution >= 0.6 is 11.6 Å². The van der Waals surface area contributed by atoms with Crippen LogP contribution < -0.4 is 4.74 Å². The number of nitrogens with zero attached hydrogens (tertiary/aromatic N) is 4. The van der Waals surface area contributed by atoms with Crippen LogP contribution in [0.2, 0.25) is 5.02 Å². The number of hydrogen-bond acceptors (Lipinski definition) is 6. The van der Waals surface area contributed by atoms with Gasteiger partial charge in [0.05, 0.1) is 26.0 Å². The molecule has 0 saturated heterocycles. The summed E-state index contributed by atoms with van der Waals surface area (Å²) in [6.07, 6.45) is -0.122. The second kappa shape index (κ2) is 7.55. The van der Waals surface area contributed by atoms with Crippen LogP contribution in [0.5, 0.6) is 5.75 Å². The van der Waals surface area contributed by atoms with Crippen LogP contribution in [0.1, 0.15) is 17.4 Å². The molecule has 2 aromatic heterocycles. The van der Waals surface area contributed by atoms with Gasteiger partial charge in [0, 0.05) is 10.6 Å². The van der Waals surface area contributed by atoms with E-state index < -0.39 is 5.82 Å². The van der Waals surface area contributed by atoms with E-state index in [1.165, 1.54) is 19.2 Å². The van der Waals surface area contributed by atoms with Crippen LogP contribution in [0.4, 0.5) is 4.39 Å². The van der Waals surface area contributed by atoms with Gasteiger partial charge in [0.15, 0.2) is 17.3 Å². The lowest BCUT2D eigenvalue weighted by Crippen LogP contribution is -2.21. The fourth-order valence-electron chi connectivity index (χ4n) is 3.36. The third-order valence-electron chi connectivity index (χ3n) is 4.93. The van der Waals surface area contributed by atoms with Gasteiger partial charge in [0.1, 0.15) is 6.10 Å². The molecule has 152 valence electrons. The monoisotopic (exact) mass is 426 g/mol. The Kier molecular flexibility index (Phi) is 4.72. The first-order valence-corrected chi connectivity index (χ1v) is 9.60. The van der Waals surface area contributed by atoms with E-state index in [9.17, 15) is 4.39 Å². The molecule has 0 bridgehead atoms. The SMILES string of the molecule is COc1ccc(-c2noc(-c3cc4n(n3)C[C@@H](c3ccc(Cl)cc3)OC4)n2)cc1F. The molecule has 1 aliphatic rings. The molecule has 3 heterocycles. The van der Waals surface area contributed by atoms with E-state index in [1.807, 2.05) is 35.0 Å². The van der Waals surface area contributed by atoms with E-state index >= 15 is 0 Å². The molecule has 0 spiro atoms. The summed E-state index contributed by atoms with van der Waals surface area (Å²) in [6, 6.07) is 13.9. The van der Waals surface area contributed by atoms with Gasteiger partial charge in [-0.2, -0.15) is 10.1 Å². The molecular weight excluding hydrogens is 411 g/mol. The highest BCUT2D eigenvalue weighted by atomic mass is 35.5. The lowest BCUT2D eigenvalue weighted by molar-refractivity contribution is -0.00112. The molecule has 1 aliphatic heterocycles. The summed E-state index contributed by atoms with van der Waals surface area (Å²) >= 11 is 5.96. The standard InChI is InChI=1S/C21H16ClFN4O3/c1-28-18-7-4-13(8-16(18)23)20-24-21(30-26-20)17-9-15-11-29-19(10-27(15)25-17)12-2-5-14(22)6-3-12/h2-9,19H,10-11H2,1H3/t19-/m0/s1. The first-order valence-electron chi connectivity index (χ1n) is 9.22. The van der Waals surface area contributed by atoms with Crippen molar-refractivity contribution in [1.29, 1.82) is 0 Å². The number of methoxy groups -OCH3 is 1. The Bertz CT molecular complexity index is 1210. The van der Waals surface area contributed by atoms with Crippen LogP contribution in [0.3, 0.4) is 0 Å². The molecule has 0 unspecified atom stereocenters. The summed E-state index contributed by atoms with van der Waals surface area (Å²) < 4.78 is 32.1. The maximum Gasteiger partial charge on any atom is 0.278 e. The summed E-state index contributed by atoms with van der Waals surface area (Å²) in [6.45, 7) is 0.965. The van der Waals surface area contributed by atoms with Gasteiger partial charge in [0.25, 0.3) is 5.89 Å². The molecule has 0 saturated carbocycles. The third kappa shape index (κ3) is 3.44. The Balaban J connectivity index is 1.38. The fraction of sp³-hybridized carbons (Fsp3) is 0.190. The molecule has 9 heteroatoms. The minimum Gasteiger partial charge on any atom is -0.494 e. The summed E-state index contributed by atoms with van der Waals surface area (Å²) in [5.41, 5.74) is 2.96. The van der Waals surface area contributed by atoms with E-state index in [0.717, 1.165) is 11.3 Å². The van der Waals surface area contributed by atoms with E-state index in [2.05, 4.69) is 15.2 Å². The Morgan fingerprint density at radius 2 is 2.00 bits per heavy atom. The molecule has 0 N–H and O–H groups in total. The zero-order chi connectivity index (χ0) is 20.7. The highest BCUT2D eigenvalue weighted by molar-refractivity contribution is 6.30. The number of rotatable bonds is 4. The zero-order valence-corrected chi connectivity index (χ0v) is 16.6. The van der Waals surface area contributed by atoms with E-state index in [4.69, 9.17) is 25.6 Å². The van der Waals surface area contributed by atoms with E-state index in [0.29, 0.717) is 29.4 Å². The van der Waals surface area contributed by atoms with Gasteiger partial charge < -0.3 is 14.0 Å². The van der Waals surface area contributed by atoms with Crippen LogP contribution in [0.15, 0.2) is 53.1 Å². The minimum absolute atomic E-state index is 0.122. The van der Waals surface area contributed by atoms with Gasteiger partial charge in [-0.05, 0) is 42.0 Å². The maximum absolute atomic E-state index is 14.0. The summed E-state index contributed by atoms with van der Waals surface area (Å²) in [4.78, 5) is 4.36. The van der Waals surface area contributed by atoms with Crippen molar-refractivity contribution in [3.63, 3.8) is 0 Å². The lowest BCUT2D eigenvalue weighted by Gasteiger charge is -2.24. The Morgan fingerprint density at radius 3 is 2.77 bits per heavy atom. The van der Waals surface area contributed by atoms with Gasteiger partial charge in [-0.1, -0.05) is 28.9 Å². The predicted molar refractivity (Wildman–Crippen MR) is 106 cm³/mol. The van der Waals surface area contributed by atoms with Crippen LogP contribution in [0.25, 0.3) is 23.0 Å². The first-order chi connectivity index (χ1) is 14.6. The van der Waals surface area contributed by atoms with Crippen LogP contribution in [-0.4, -0.2) is 27.0 Å². The summed E-state index contributed by atoms with van der Waals surface area (Å²) in [7, 11) is 1.41. The smallest absolute Gasteiger partial charge is 0.278 e. The van der Waals surface area contributed by atoms with Crippen molar-refractivity contribution in [2.75, 3.05) is 7.11 Å². The number of ether oxygens (including phenoxy) is 2. The fourth-order valence-corrected chi connectivity index (χ4v) is 3.49. The van der Waals surface area contributed by atoms with E-state index in [1.54, 1.807) is 6.07 Å². The van der Waals surface area contributed by atoms with Gasteiger partial charge in [0.2, 0.25) is 5.82 Å². The second-order valence-corrected chi connectivity index (χ2v) is 7.26. The molecule has 7 nitrogen and oxygen atoms in total. The molecule has 2 aromatic carbocycles. The minimum atomic E-state index is -0.496. The highest BCUT2D eigenvalue weighted by Gasteiger charge is 2.24. The quantitative estimate of drug-likeness (QED) is 0.472. The van der Waals surface area contributed by atoms with E-state index in [-0.39, 0.29) is 23.6 Å². The Hall–Kier alpha value is -3.23. The molecule has 30 heavy (non-hydrogen) atoms. The average Bonchev–Trinajstić information content (AvgIpc) is 3.41. The van der Waals surface area contributed by atoms with Gasteiger partial charge in [-0.3, -0.25) is 4.68 Å². The lowest BCUT2D eigenvalue weighted by atomic mass is 10.1. The van der Waals surface area contributed by atoms with Crippen molar-refractivity contribution in [3.05, 3.63) is 70.6 Å². The predicted octanol–water partition coefficient (Wildman–Crippen LogP) is 4.67. The van der Waals surface area contributed by atoms with Crippen molar-refractivity contribution in [1.82, 2.24) is 19.9 Å². The van der Waals surface area contributed by atoms with Crippen molar-refractivity contribution >= 4 is 11.6 Å². The number of fused-ring (bicyclic) bond motifs is 1. The second-order valence-electron chi connectivity index (χ2n) is 6.83. The summed E-state index contributed by atoms with van der Waals surface area (Å²) in [5, 5.41) is 9.22. The normalized spacial score (nSPS) is 15.8. The third-order valence-corrected chi connectivity index (χ3v) is 5.18. The van der Waals surface area contributed by atoms with Crippen molar-refractivity contribution in [3.8, 4) is 28.7 Å². The number of hydrogen-bond donors (Lipinski definition) is 0. The van der Waals surface area contributed by atoms with Crippen molar-refractivity contribution < 1.29 is 18.4 Å². The largest absolute Gasteiger partial charge is 0.494 e. The van der Waals surface area contributed by atoms with Crippen LogP contribution in [0, 0.1) is 5.82 Å². The number of aromatic nitrogens is 4. The molecule has 0 aliphatic carbocycles. The molecule has 0 fully saturated rings. The molecule has 4 aromatic rings. The van der Waals surface area contributed by atoms with Crippen molar-refractivity contribution in [2.45, 2.75) is 19.3 Å². The summed E-state index contributed by atoms with van der Waals surface area (Å²) in [5.74, 6) is 0.183. The molecular formula is C21H16ClFN4O3. The highest BCUT2D eigenvalue weighted by Crippen LogP contribution is 2.30. The Labute approximate surface area is 176 Å². The topological polar surface area (TPSA) is 75.2 Å². The first kappa shape index (κ1) is 18.8. The molecule has 5 rings (SSSR count). The molecule has 0 radical (unpaired) electrons. The Morgan fingerprint density at radius 1 is 1.17 bits per heavy atom. The van der Waals surface area contributed by atoms with Gasteiger partial charge in [-0.15, -0.1) is 0 Å². The van der Waals surface area contributed by atoms with Gasteiger partial charge >= 0.3 is 0 Å². The molecule has 1 atom stereocenters. The van der Waals surface area contributed by atoms with Crippen LogP contribution in [-0.2, 0) is 17.9 Å². The zero-order valence-electron chi connectivity index (χ0n) is 15.9. The maximum atomic E-state index is 14.0. The number of benzene rings is 2.